The lowest BCUT2D eigenvalue weighted by atomic mass is 10.1. The van der Waals surface area contributed by atoms with Gasteiger partial charge in [0.15, 0.2) is 17.3 Å². The van der Waals surface area contributed by atoms with E-state index in [1.807, 2.05) is 24.3 Å². The van der Waals surface area contributed by atoms with Crippen molar-refractivity contribution in [2.24, 2.45) is 0 Å². The topological polar surface area (TPSA) is 76.5 Å². The Morgan fingerprint density at radius 3 is 2.67 bits per heavy atom. The maximum Gasteiger partial charge on any atom is 0.168 e. The van der Waals surface area contributed by atoms with E-state index < -0.39 is 0 Å². The van der Waals surface area contributed by atoms with Gasteiger partial charge >= 0.3 is 0 Å². The molecule has 0 fully saturated rings. The highest BCUT2D eigenvalue weighted by molar-refractivity contribution is 5.91. The van der Waals surface area contributed by atoms with Crippen LogP contribution in [0.5, 0.6) is 11.5 Å². The second-order valence-electron chi connectivity index (χ2n) is 5.19. The van der Waals surface area contributed by atoms with Crippen molar-refractivity contribution in [3.63, 3.8) is 0 Å². The number of aromatic nitrogens is 2. The summed E-state index contributed by atoms with van der Waals surface area (Å²) in [7, 11) is 3.16. The fourth-order valence-corrected chi connectivity index (χ4v) is 2.47. The summed E-state index contributed by atoms with van der Waals surface area (Å²) < 4.78 is 10.2. The molecule has 0 bridgehead atoms. The van der Waals surface area contributed by atoms with Crippen molar-refractivity contribution in [1.82, 2.24) is 9.97 Å². The molecule has 24 heavy (non-hydrogen) atoms. The van der Waals surface area contributed by atoms with Gasteiger partial charge in [-0.2, -0.15) is 0 Å². The summed E-state index contributed by atoms with van der Waals surface area (Å²) in [6, 6.07) is 13.0. The van der Waals surface area contributed by atoms with Gasteiger partial charge in [0, 0.05) is 19.0 Å². The van der Waals surface area contributed by atoms with Crippen LogP contribution in [-0.4, -0.2) is 42.4 Å². The predicted octanol–water partition coefficient (Wildman–Crippen LogP) is 3.07. The Labute approximate surface area is 140 Å². The molecule has 6 nitrogen and oxygen atoms in total. The monoisotopic (exact) mass is 325 g/mol. The number of aromatic hydroxyl groups is 1. The van der Waals surface area contributed by atoms with E-state index in [1.54, 1.807) is 25.3 Å². The Balaban J connectivity index is 2.12. The van der Waals surface area contributed by atoms with Crippen LogP contribution in [0.4, 0.5) is 5.82 Å². The van der Waals surface area contributed by atoms with Crippen molar-refractivity contribution >= 4 is 16.7 Å². The van der Waals surface area contributed by atoms with Crippen molar-refractivity contribution in [1.29, 1.82) is 0 Å². The summed E-state index contributed by atoms with van der Waals surface area (Å²) in [5.74, 6) is 1.55. The first kappa shape index (κ1) is 16.0. The molecule has 0 aliphatic carbocycles. The molecule has 1 aromatic heterocycles. The highest BCUT2D eigenvalue weighted by Gasteiger charge is 2.14. The number of hydrogen-bond donors (Lipinski definition) is 2. The minimum Gasteiger partial charge on any atom is -0.504 e. The lowest BCUT2D eigenvalue weighted by molar-refractivity contribution is 0.210. The van der Waals surface area contributed by atoms with Gasteiger partial charge in [-0.05, 0) is 24.3 Å². The Bertz CT molecular complexity index is 852. The molecule has 0 radical (unpaired) electrons. The Morgan fingerprint density at radius 2 is 1.88 bits per heavy atom. The first-order chi connectivity index (χ1) is 11.7. The van der Waals surface area contributed by atoms with Crippen molar-refractivity contribution in [3.8, 4) is 22.9 Å². The maximum atomic E-state index is 10.4. The Kier molecular flexibility index (Phi) is 4.77. The molecule has 124 valence electrons. The third kappa shape index (κ3) is 3.09. The quantitative estimate of drug-likeness (QED) is 0.678. The van der Waals surface area contributed by atoms with Crippen LogP contribution in [0, 0.1) is 0 Å². The maximum absolute atomic E-state index is 10.4. The fraction of sp³-hybridized carbons (Fsp3) is 0.222. The molecule has 0 amide bonds. The van der Waals surface area contributed by atoms with Gasteiger partial charge in [-0.25, -0.2) is 9.97 Å². The van der Waals surface area contributed by atoms with Gasteiger partial charge in [0.05, 0.1) is 24.8 Å². The average molecular weight is 325 g/mol. The molecule has 0 spiro atoms. The number of phenols is 1. The fourth-order valence-electron chi connectivity index (χ4n) is 2.47. The lowest BCUT2D eigenvalue weighted by Gasteiger charge is -2.12. The molecular formula is C18H19N3O3. The van der Waals surface area contributed by atoms with Crippen LogP contribution >= 0.6 is 0 Å². The van der Waals surface area contributed by atoms with Crippen LogP contribution in [0.3, 0.4) is 0 Å². The molecule has 3 rings (SSSR count). The highest BCUT2D eigenvalue weighted by Crippen LogP contribution is 2.36. The molecule has 6 heteroatoms. The van der Waals surface area contributed by atoms with Crippen LogP contribution in [0.2, 0.25) is 0 Å². The number of benzene rings is 2. The molecule has 0 unspecified atom stereocenters. The molecule has 0 atom stereocenters. The minimum absolute atomic E-state index is 0.0260. The van der Waals surface area contributed by atoms with Crippen molar-refractivity contribution in [3.05, 3.63) is 42.5 Å². The molecule has 0 aliphatic heterocycles. The van der Waals surface area contributed by atoms with Gasteiger partial charge in [0.1, 0.15) is 5.82 Å². The van der Waals surface area contributed by atoms with Gasteiger partial charge in [-0.15, -0.1) is 0 Å². The van der Waals surface area contributed by atoms with Crippen LogP contribution < -0.4 is 10.1 Å². The second-order valence-corrected chi connectivity index (χ2v) is 5.19. The predicted molar refractivity (Wildman–Crippen MR) is 93.6 cm³/mol. The van der Waals surface area contributed by atoms with Crippen LogP contribution in [0.25, 0.3) is 22.3 Å². The van der Waals surface area contributed by atoms with Crippen molar-refractivity contribution in [2.75, 3.05) is 32.7 Å². The number of nitrogens with one attached hydrogen (secondary N) is 1. The van der Waals surface area contributed by atoms with Gasteiger partial charge in [0.2, 0.25) is 0 Å². The molecule has 0 saturated heterocycles. The molecule has 2 N–H and O–H groups in total. The zero-order valence-corrected chi connectivity index (χ0v) is 13.6. The van der Waals surface area contributed by atoms with Crippen LogP contribution in [0.15, 0.2) is 42.5 Å². The summed E-state index contributed by atoms with van der Waals surface area (Å²) in [5.41, 5.74) is 1.32. The summed E-state index contributed by atoms with van der Waals surface area (Å²) in [6.45, 7) is 1.19. The number of phenolic OH excluding ortho intramolecular Hbond substituents is 1. The summed E-state index contributed by atoms with van der Waals surface area (Å²) in [5, 5.41) is 14.5. The van der Waals surface area contributed by atoms with Gasteiger partial charge in [-0.1, -0.05) is 18.2 Å². The molecule has 1 heterocycles. The average Bonchev–Trinajstić information content (AvgIpc) is 2.62. The van der Waals surface area contributed by atoms with E-state index in [4.69, 9.17) is 9.47 Å². The number of rotatable bonds is 6. The highest BCUT2D eigenvalue weighted by atomic mass is 16.5. The molecule has 0 saturated carbocycles. The Morgan fingerprint density at radius 1 is 1.04 bits per heavy atom. The number of anilines is 1. The van der Waals surface area contributed by atoms with Gasteiger partial charge in [0.25, 0.3) is 0 Å². The molecular weight excluding hydrogens is 306 g/mol. The van der Waals surface area contributed by atoms with E-state index in [0.717, 1.165) is 10.9 Å². The summed E-state index contributed by atoms with van der Waals surface area (Å²) in [4.78, 5) is 9.16. The second kappa shape index (κ2) is 7.14. The largest absolute Gasteiger partial charge is 0.504 e. The van der Waals surface area contributed by atoms with Crippen LogP contribution in [-0.2, 0) is 4.74 Å². The first-order valence-corrected chi connectivity index (χ1v) is 7.60. The zero-order chi connectivity index (χ0) is 16.9. The summed E-state index contributed by atoms with van der Waals surface area (Å²) >= 11 is 0. The zero-order valence-electron chi connectivity index (χ0n) is 13.6. The summed E-state index contributed by atoms with van der Waals surface area (Å²) in [6.07, 6.45) is 0. The number of methoxy groups -OCH3 is 2. The van der Waals surface area contributed by atoms with Crippen molar-refractivity contribution in [2.45, 2.75) is 0 Å². The number of hydrogen-bond acceptors (Lipinski definition) is 6. The number of nitrogens with zero attached hydrogens (tertiary/aromatic N) is 2. The number of para-hydroxylation sites is 2. The SMILES string of the molecule is COCCNc1nc(-c2cccc(OC)c2O)nc2ccccc12. The van der Waals surface area contributed by atoms with Crippen molar-refractivity contribution < 1.29 is 14.6 Å². The van der Waals surface area contributed by atoms with Crippen LogP contribution in [0.1, 0.15) is 0 Å². The molecule has 2 aromatic carbocycles. The number of ether oxygens (including phenoxy) is 2. The van der Waals surface area contributed by atoms with Gasteiger partial charge < -0.3 is 19.9 Å². The normalized spacial score (nSPS) is 10.8. The van der Waals surface area contributed by atoms with E-state index in [9.17, 15) is 5.11 Å². The van der Waals surface area contributed by atoms with E-state index in [-0.39, 0.29) is 5.75 Å². The first-order valence-electron chi connectivity index (χ1n) is 7.60. The van der Waals surface area contributed by atoms with E-state index in [0.29, 0.717) is 36.1 Å². The van der Waals surface area contributed by atoms with E-state index in [1.165, 1.54) is 7.11 Å². The smallest absolute Gasteiger partial charge is 0.168 e. The van der Waals surface area contributed by atoms with E-state index >= 15 is 0 Å². The van der Waals surface area contributed by atoms with Gasteiger partial charge in [-0.3, -0.25) is 0 Å². The Hall–Kier alpha value is -2.86. The third-order valence-corrected chi connectivity index (χ3v) is 3.66. The molecule has 3 aromatic rings. The van der Waals surface area contributed by atoms with E-state index in [2.05, 4.69) is 15.3 Å². The minimum atomic E-state index is 0.0260. The standard InChI is InChI=1S/C18H19N3O3/c1-23-11-10-19-17-12-6-3-4-8-14(12)20-18(21-17)13-7-5-9-15(24-2)16(13)22/h3-9,22H,10-11H2,1-2H3,(H,19,20,21). The third-order valence-electron chi connectivity index (χ3n) is 3.66. The molecule has 0 aliphatic rings. The lowest BCUT2D eigenvalue weighted by Crippen LogP contribution is -2.10. The number of fused-ring (bicyclic) bond motifs is 1.